The van der Waals surface area contributed by atoms with Crippen LogP contribution in [0.25, 0.3) is 0 Å². The maximum atomic E-state index is 5.00. The standard InChI is InChI=1S/C15H25N3S/c1-2-16-12-8-7-9-13-14(12)17-15(19-13)18-10-5-3-4-6-11-18/h12,16H,2-11H2,1H3. The summed E-state index contributed by atoms with van der Waals surface area (Å²) in [7, 11) is 0. The highest BCUT2D eigenvalue weighted by atomic mass is 32.1. The van der Waals surface area contributed by atoms with Gasteiger partial charge in [-0.15, -0.1) is 11.3 Å². The Kier molecular flexibility index (Phi) is 4.38. The molecule has 19 heavy (non-hydrogen) atoms. The first-order valence-electron chi connectivity index (χ1n) is 7.86. The predicted octanol–water partition coefficient (Wildman–Crippen LogP) is 3.51. The van der Waals surface area contributed by atoms with E-state index in [1.165, 1.54) is 73.7 Å². The lowest BCUT2D eigenvalue weighted by Crippen LogP contribution is -2.26. The number of anilines is 1. The van der Waals surface area contributed by atoms with Gasteiger partial charge in [0.2, 0.25) is 0 Å². The average Bonchev–Trinajstić information content (AvgIpc) is 2.68. The number of nitrogens with zero attached hydrogens (tertiary/aromatic N) is 2. The Labute approximate surface area is 120 Å². The van der Waals surface area contributed by atoms with Gasteiger partial charge in [0.05, 0.1) is 11.7 Å². The van der Waals surface area contributed by atoms with Crippen LogP contribution in [0.2, 0.25) is 0 Å². The smallest absolute Gasteiger partial charge is 0.185 e. The van der Waals surface area contributed by atoms with Gasteiger partial charge in [0, 0.05) is 18.0 Å². The van der Waals surface area contributed by atoms with Gasteiger partial charge in [-0.2, -0.15) is 0 Å². The van der Waals surface area contributed by atoms with Crippen molar-refractivity contribution in [3.8, 4) is 0 Å². The molecule has 1 aromatic heterocycles. The van der Waals surface area contributed by atoms with Crippen LogP contribution in [0.5, 0.6) is 0 Å². The van der Waals surface area contributed by atoms with E-state index in [4.69, 9.17) is 4.98 Å². The van der Waals surface area contributed by atoms with Gasteiger partial charge in [-0.1, -0.05) is 19.8 Å². The second kappa shape index (κ2) is 6.23. The molecule has 0 spiro atoms. The Morgan fingerprint density at radius 3 is 2.74 bits per heavy atom. The molecule has 1 N–H and O–H groups in total. The summed E-state index contributed by atoms with van der Waals surface area (Å²) in [4.78, 5) is 9.06. The molecule has 0 aromatic carbocycles. The first-order valence-corrected chi connectivity index (χ1v) is 8.68. The summed E-state index contributed by atoms with van der Waals surface area (Å²) in [6.07, 6.45) is 9.25. The zero-order chi connectivity index (χ0) is 13.1. The van der Waals surface area contributed by atoms with Crippen molar-refractivity contribution in [3.05, 3.63) is 10.6 Å². The molecule has 1 atom stereocenters. The molecule has 1 unspecified atom stereocenters. The van der Waals surface area contributed by atoms with Gasteiger partial charge in [-0.3, -0.25) is 0 Å². The van der Waals surface area contributed by atoms with Gasteiger partial charge in [0.25, 0.3) is 0 Å². The van der Waals surface area contributed by atoms with Crippen molar-refractivity contribution in [1.82, 2.24) is 10.3 Å². The molecule has 3 rings (SSSR count). The van der Waals surface area contributed by atoms with Crippen molar-refractivity contribution < 1.29 is 0 Å². The Morgan fingerprint density at radius 2 is 2.00 bits per heavy atom. The van der Waals surface area contributed by atoms with E-state index in [0.717, 1.165) is 6.54 Å². The number of fused-ring (bicyclic) bond motifs is 1. The fraction of sp³-hybridized carbons (Fsp3) is 0.800. The van der Waals surface area contributed by atoms with Crippen LogP contribution in [0.1, 0.15) is 62.1 Å². The van der Waals surface area contributed by atoms with E-state index in [-0.39, 0.29) is 0 Å². The summed E-state index contributed by atoms with van der Waals surface area (Å²) < 4.78 is 0. The van der Waals surface area contributed by atoms with E-state index in [0.29, 0.717) is 6.04 Å². The summed E-state index contributed by atoms with van der Waals surface area (Å²) >= 11 is 1.96. The van der Waals surface area contributed by atoms with Crippen LogP contribution in [-0.4, -0.2) is 24.6 Å². The van der Waals surface area contributed by atoms with E-state index >= 15 is 0 Å². The van der Waals surface area contributed by atoms with Crippen LogP contribution < -0.4 is 10.2 Å². The maximum absolute atomic E-state index is 5.00. The molecular weight excluding hydrogens is 254 g/mol. The zero-order valence-electron chi connectivity index (χ0n) is 12.0. The molecule has 0 radical (unpaired) electrons. The number of rotatable bonds is 3. The molecule has 2 heterocycles. The summed E-state index contributed by atoms with van der Waals surface area (Å²) in [5.41, 5.74) is 1.36. The number of aryl methyl sites for hydroxylation is 1. The van der Waals surface area contributed by atoms with Gasteiger partial charge in [0.15, 0.2) is 5.13 Å². The third-order valence-corrected chi connectivity index (χ3v) is 5.46. The van der Waals surface area contributed by atoms with E-state index in [1.54, 1.807) is 0 Å². The Morgan fingerprint density at radius 1 is 1.21 bits per heavy atom. The molecule has 106 valence electrons. The van der Waals surface area contributed by atoms with Crippen molar-refractivity contribution in [1.29, 1.82) is 0 Å². The number of nitrogens with one attached hydrogen (secondary N) is 1. The lowest BCUT2D eigenvalue weighted by atomic mass is 9.98. The summed E-state index contributed by atoms with van der Waals surface area (Å²) in [6.45, 7) is 5.65. The summed E-state index contributed by atoms with van der Waals surface area (Å²) in [5.74, 6) is 0. The predicted molar refractivity (Wildman–Crippen MR) is 82.2 cm³/mol. The van der Waals surface area contributed by atoms with Gasteiger partial charge in [0.1, 0.15) is 0 Å². The van der Waals surface area contributed by atoms with Crippen molar-refractivity contribution >= 4 is 16.5 Å². The van der Waals surface area contributed by atoms with E-state index in [2.05, 4.69) is 17.1 Å². The molecule has 4 heteroatoms. The van der Waals surface area contributed by atoms with Crippen LogP contribution in [0, 0.1) is 0 Å². The lowest BCUT2D eigenvalue weighted by Gasteiger charge is -2.21. The maximum Gasteiger partial charge on any atom is 0.185 e. The topological polar surface area (TPSA) is 28.2 Å². The van der Waals surface area contributed by atoms with Crippen LogP contribution in [0.4, 0.5) is 5.13 Å². The highest BCUT2D eigenvalue weighted by molar-refractivity contribution is 7.15. The molecule has 1 fully saturated rings. The molecule has 1 saturated heterocycles. The number of thiazole rings is 1. The lowest BCUT2D eigenvalue weighted by molar-refractivity contribution is 0.465. The van der Waals surface area contributed by atoms with Crippen LogP contribution >= 0.6 is 11.3 Å². The Bertz CT molecular complexity index is 408. The van der Waals surface area contributed by atoms with Gasteiger partial charge >= 0.3 is 0 Å². The molecule has 0 amide bonds. The third kappa shape index (κ3) is 2.95. The van der Waals surface area contributed by atoms with Gasteiger partial charge in [-0.05, 0) is 38.6 Å². The minimum absolute atomic E-state index is 0.505. The quantitative estimate of drug-likeness (QED) is 0.917. The highest BCUT2D eigenvalue weighted by Gasteiger charge is 2.25. The van der Waals surface area contributed by atoms with Crippen LogP contribution in [-0.2, 0) is 6.42 Å². The van der Waals surface area contributed by atoms with Crippen LogP contribution in [0.15, 0.2) is 0 Å². The molecule has 1 aromatic rings. The summed E-state index contributed by atoms with van der Waals surface area (Å²) in [5, 5.41) is 4.88. The molecule has 0 bridgehead atoms. The second-order valence-corrected chi connectivity index (χ2v) is 6.77. The van der Waals surface area contributed by atoms with Gasteiger partial charge < -0.3 is 10.2 Å². The number of aromatic nitrogens is 1. The molecule has 2 aliphatic rings. The SMILES string of the molecule is CCNC1CCCc2sc(N3CCCCCC3)nc21. The monoisotopic (exact) mass is 279 g/mol. The molecule has 3 nitrogen and oxygen atoms in total. The van der Waals surface area contributed by atoms with Gasteiger partial charge in [-0.25, -0.2) is 4.98 Å². The van der Waals surface area contributed by atoms with Crippen molar-refractivity contribution in [3.63, 3.8) is 0 Å². The molecule has 1 aliphatic carbocycles. The van der Waals surface area contributed by atoms with Crippen LogP contribution in [0.3, 0.4) is 0 Å². The Balaban J connectivity index is 1.80. The highest BCUT2D eigenvalue weighted by Crippen LogP contribution is 2.37. The number of hydrogen-bond donors (Lipinski definition) is 1. The third-order valence-electron chi connectivity index (χ3n) is 4.27. The minimum atomic E-state index is 0.505. The Hall–Kier alpha value is -0.610. The number of hydrogen-bond acceptors (Lipinski definition) is 4. The fourth-order valence-corrected chi connectivity index (χ4v) is 4.46. The molecule has 0 saturated carbocycles. The minimum Gasteiger partial charge on any atom is -0.348 e. The first-order chi connectivity index (χ1) is 9.38. The van der Waals surface area contributed by atoms with E-state index in [1.807, 2.05) is 11.3 Å². The second-order valence-electron chi connectivity index (χ2n) is 5.71. The summed E-state index contributed by atoms with van der Waals surface area (Å²) in [6, 6.07) is 0.505. The first kappa shape index (κ1) is 13.4. The largest absolute Gasteiger partial charge is 0.348 e. The molecule has 1 aliphatic heterocycles. The normalized spacial score (nSPS) is 24.1. The molecular formula is C15H25N3S. The van der Waals surface area contributed by atoms with E-state index in [9.17, 15) is 0 Å². The van der Waals surface area contributed by atoms with Crippen molar-refractivity contribution in [2.24, 2.45) is 0 Å². The van der Waals surface area contributed by atoms with Crippen molar-refractivity contribution in [2.45, 2.75) is 57.9 Å². The average molecular weight is 279 g/mol. The zero-order valence-corrected chi connectivity index (χ0v) is 12.8. The van der Waals surface area contributed by atoms with E-state index < -0.39 is 0 Å². The van der Waals surface area contributed by atoms with Crippen molar-refractivity contribution in [2.75, 3.05) is 24.5 Å². The fourth-order valence-electron chi connectivity index (χ4n) is 3.25.